The molecule has 1 unspecified atom stereocenters. The fraction of sp³-hybridized carbons (Fsp3) is 0.321. The number of carboxylic acids is 2. The summed E-state index contributed by atoms with van der Waals surface area (Å²) in [4.78, 5) is 63.4. The molecular formula is C84H93N15O6. The van der Waals surface area contributed by atoms with Gasteiger partial charge in [-0.15, -0.1) is 0 Å². The van der Waals surface area contributed by atoms with Crippen molar-refractivity contribution in [2.24, 2.45) is 0 Å². The van der Waals surface area contributed by atoms with Crippen LogP contribution in [-0.2, 0) is 33.9 Å². The Balaban J connectivity index is 0.000000140. The molecule has 15 rings (SSSR count). The molecule has 0 saturated carbocycles. The fourth-order valence-electron chi connectivity index (χ4n) is 14.6. The number of carboxylic acid groups (broad SMARTS) is 2. The first kappa shape index (κ1) is 72.2. The molecule has 9 heterocycles. The normalized spacial score (nSPS) is 15.2. The third-order valence-electron chi connectivity index (χ3n) is 19.8. The molecule has 105 heavy (non-hydrogen) atoms. The summed E-state index contributed by atoms with van der Waals surface area (Å²) in [6.45, 7) is 22.3. The second-order valence-electron chi connectivity index (χ2n) is 27.9. The minimum atomic E-state index is -1.02. The van der Waals surface area contributed by atoms with E-state index in [1.165, 1.54) is 22.2 Å². The van der Waals surface area contributed by atoms with Gasteiger partial charge in [0.2, 0.25) is 0 Å². The topological polar surface area (TPSA) is 212 Å². The summed E-state index contributed by atoms with van der Waals surface area (Å²) in [5.41, 5.74) is 16.5. The van der Waals surface area contributed by atoms with Crippen LogP contribution in [0.1, 0.15) is 97.7 Å². The highest BCUT2D eigenvalue weighted by Gasteiger charge is 2.30. The number of nitrogens with zero attached hydrogens (tertiary/aromatic N) is 15. The van der Waals surface area contributed by atoms with Crippen molar-refractivity contribution in [2.75, 3.05) is 99.8 Å². The van der Waals surface area contributed by atoms with Crippen LogP contribution in [0.4, 0.5) is 17.1 Å². The summed E-state index contributed by atoms with van der Waals surface area (Å²) in [6.07, 6.45) is 14.9. The molecule has 2 N–H and O–H groups in total. The van der Waals surface area contributed by atoms with Gasteiger partial charge in [-0.3, -0.25) is 39.2 Å². The maximum Gasteiger partial charge on any atom is 0.341 e. The Morgan fingerprint density at radius 3 is 1.61 bits per heavy atom. The molecule has 21 heteroatoms. The van der Waals surface area contributed by atoms with Crippen LogP contribution in [0.3, 0.4) is 0 Å². The number of aliphatic carboxylic acids is 2. The van der Waals surface area contributed by atoms with E-state index >= 15 is 0 Å². The second kappa shape index (κ2) is 34.0. The SMILES string of the molecule is CC(=O)CC(c1ccn(-c2ccccc2)n1)N1CCCN(c2c(OCC(=O)O)c(C)cc3cccnc23)CC1.Cc1cccc(-n2ccc(CN3CCCN(c4cc(C(C)C)cc5cccnc45)CC3)n2)c1.O=C(O)Cc1cc(N2CCCN(Cc3ccn(-c4ccccc4)n3)CC2)c2ncccc2c1. The van der Waals surface area contributed by atoms with Gasteiger partial charge in [0.05, 0.1) is 74.5 Å². The van der Waals surface area contributed by atoms with E-state index in [1.807, 2.05) is 143 Å². The Morgan fingerprint density at radius 1 is 0.486 bits per heavy atom. The zero-order chi connectivity index (χ0) is 72.8. The number of hydrogen-bond donors (Lipinski definition) is 2. The maximum absolute atomic E-state index is 12.3. The molecule has 0 bridgehead atoms. The van der Waals surface area contributed by atoms with Crippen molar-refractivity contribution in [3.63, 3.8) is 0 Å². The molecule has 0 amide bonds. The Morgan fingerprint density at radius 2 is 1.02 bits per heavy atom. The predicted molar refractivity (Wildman–Crippen MR) is 415 cm³/mol. The van der Waals surface area contributed by atoms with Crippen LogP contribution < -0.4 is 19.4 Å². The van der Waals surface area contributed by atoms with Crippen molar-refractivity contribution in [3.05, 3.63) is 246 Å². The number of anilines is 3. The molecule has 0 radical (unpaired) electrons. The van der Waals surface area contributed by atoms with E-state index in [-0.39, 0.29) is 18.2 Å². The van der Waals surface area contributed by atoms with Crippen LogP contribution in [0, 0.1) is 13.8 Å². The van der Waals surface area contributed by atoms with Crippen molar-refractivity contribution < 1.29 is 29.3 Å². The molecule has 3 aliphatic rings. The summed E-state index contributed by atoms with van der Waals surface area (Å²) >= 11 is 0. The number of rotatable bonds is 20. The molecule has 6 aromatic carbocycles. The fourth-order valence-corrected chi connectivity index (χ4v) is 14.6. The van der Waals surface area contributed by atoms with E-state index in [0.717, 1.165) is 182 Å². The molecule has 1 atom stereocenters. The lowest BCUT2D eigenvalue weighted by Crippen LogP contribution is -2.35. The smallest absolute Gasteiger partial charge is 0.341 e. The number of Topliss-reactive ketones (excluding diaryl/α,β-unsaturated/α-hetero) is 1. The van der Waals surface area contributed by atoms with Crippen LogP contribution >= 0.6 is 0 Å². The second-order valence-corrected chi connectivity index (χ2v) is 27.9. The van der Waals surface area contributed by atoms with E-state index in [4.69, 9.17) is 25.0 Å². The lowest BCUT2D eigenvalue weighted by molar-refractivity contribution is -0.139. The molecular weight excluding hydrogens is 1320 g/mol. The molecule has 0 aliphatic carbocycles. The molecule has 0 spiro atoms. The van der Waals surface area contributed by atoms with Crippen LogP contribution in [0.25, 0.3) is 49.8 Å². The van der Waals surface area contributed by atoms with Crippen LogP contribution in [0.15, 0.2) is 207 Å². The van der Waals surface area contributed by atoms with Gasteiger partial charge in [0.25, 0.3) is 0 Å². The Labute approximate surface area is 613 Å². The lowest BCUT2D eigenvalue weighted by Gasteiger charge is -2.30. The quantitative estimate of drug-likeness (QED) is 0.0726. The van der Waals surface area contributed by atoms with E-state index in [2.05, 4.69) is 133 Å². The number of ketones is 1. The average Bonchev–Trinajstić information content (AvgIpc) is 1.29. The zero-order valence-corrected chi connectivity index (χ0v) is 60.7. The average molecular weight is 1410 g/mol. The van der Waals surface area contributed by atoms with Gasteiger partial charge in [0.15, 0.2) is 6.61 Å². The summed E-state index contributed by atoms with van der Waals surface area (Å²) in [5.74, 6) is -0.667. The van der Waals surface area contributed by atoms with E-state index in [9.17, 15) is 24.6 Å². The van der Waals surface area contributed by atoms with Gasteiger partial charge in [-0.1, -0.05) is 80.6 Å². The van der Waals surface area contributed by atoms with Crippen molar-refractivity contribution in [1.29, 1.82) is 0 Å². The first-order valence-corrected chi connectivity index (χ1v) is 36.6. The number of benzene rings is 6. The highest BCUT2D eigenvalue weighted by Crippen LogP contribution is 2.40. The summed E-state index contributed by atoms with van der Waals surface area (Å²) < 4.78 is 11.6. The minimum Gasteiger partial charge on any atom is -0.481 e. The van der Waals surface area contributed by atoms with Crippen molar-refractivity contribution >= 4 is 67.5 Å². The molecule has 21 nitrogen and oxygen atoms in total. The molecule has 3 saturated heterocycles. The third kappa shape index (κ3) is 18.3. The number of pyridine rings is 3. The first-order valence-electron chi connectivity index (χ1n) is 36.6. The van der Waals surface area contributed by atoms with E-state index < -0.39 is 18.5 Å². The van der Waals surface area contributed by atoms with Gasteiger partial charge >= 0.3 is 11.9 Å². The van der Waals surface area contributed by atoms with E-state index in [1.54, 1.807) is 19.3 Å². The van der Waals surface area contributed by atoms with Gasteiger partial charge in [-0.25, -0.2) is 18.8 Å². The molecule has 12 aromatic rings. The third-order valence-corrected chi connectivity index (χ3v) is 19.8. The largest absolute Gasteiger partial charge is 0.481 e. The van der Waals surface area contributed by atoms with Gasteiger partial charge in [0, 0.05) is 151 Å². The molecule has 540 valence electrons. The summed E-state index contributed by atoms with van der Waals surface area (Å²) in [7, 11) is 0. The highest BCUT2D eigenvalue weighted by atomic mass is 16.5. The molecule has 3 fully saturated rings. The van der Waals surface area contributed by atoms with Gasteiger partial charge in [0.1, 0.15) is 17.2 Å². The van der Waals surface area contributed by atoms with Crippen LogP contribution in [0.2, 0.25) is 0 Å². The van der Waals surface area contributed by atoms with Gasteiger partial charge in [-0.05, 0) is 171 Å². The van der Waals surface area contributed by atoms with E-state index in [0.29, 0.717) is 31.2 Å². The number of hydrogen-bond acceptors (Lipinski definition) is 16. The Hall–Kier alpha value is -11.1. The van der Waals surface area contributed by atoms with Crippen LogP contribution in [-0.4, -0.2) is 172 Å². The Bertz CT molecular complexity index is 4940. The first-order chi connectivity index (χ1) is 51.1. The Kier molecular flexibility index (Phi) is 23.4. The standard InChI is InChI=1S/C30H33N5O4.C28H33N5.C26H27N5O2/c1-21-18-23-8-6-12-31-28(23)29(30(21)39-20-27(37)38)34-14-7-13-33(16-17-34)26(19-22(2)36)25-11-15-35(32-25)24-9-4-3-5-10-24;1-21(2)24-18-23-8-5-11-29-28(23)27(19-24)32-13-6-12-31(15-16-32)20-25-10-14-33(30-25)26-9-4-7-22(3)17-26;32-25(33)18-20-16-21-6-4-10-27-26(21)24(17-20)30-12-5-11-29(14-15-30)19-22-9-13-31(28-22)23-7-2-1-3-8-23/h3-6,8-12,15,18,26H,7,13-14,16-17,19-20H2,1-2H3,(H,37,38);4-5,7-11,14,17-19,21H,6,12-13,15-16,20H2,1-3H3;1-4,6-10,13,16-17H,5,11-12,14-15,18-19H2,(H,32,33). The predicted octanol–water partition coefficient (Wildman–Crippen LogP) is 13.7. The number of carbonyl (C=O) groups excluding carboxylic acids is 1. The summed E-state index contributed by atoms with van der Waals surface area (Å²) in [6, 6.07) is 57.3. The summed E-state index contributed by atoms with van der Waals surface area (Å²) in [5, 5.41) is 36.2. The van der Waals surface area contributed by atoms with Crippen LogP contribution in [0.5, 0.6) is 5.75 Å². The van der Waals surface area contributed by atoms with Crippen molar-refractivity contribution in [1.82, 2.24) is 59.0 Å². The van der Waals surface area contributed by atoms with Crippen molar-refractivity contribution in [2.45, 2.75) is 91.8 Å². The monoisotopic (exact) mass is 1410 g/mol. The molecule has 3 aliphatic heterocycles. The maximum atomic E-state index is 12.3. The number of para-hydroxylation sites is 2. The number of aromatic nitrogens is 9. The zero-order valence-electron chi connectivity index (χ0n) is 60.7. The number of fused-ring (bicyclic) bond motifs is 3. The number of ether oxygens (including phenoxy) is 1. The van der Waals surface area contributed by atoms with Gasteiger partial charge in [-0.2, -0.15) is 15.3 Å². The minimum absolute atomic E-state index is 0.0157. The highest BCUT2D eigenvalue weighted by molar-refractivity contribution is 5.96. The number of aryl methyl sites for hydroxylation is 2. The van der Waals surface area contributed by atoms with Crippen molar-refractivity contribution in [3.8, 4) is 22.8 Å². The number of carbonyl (C=O) groups is 3. The lowest BCUT2D eigenvalue weighted by atomic mass is 9.99. The molecule has 6 aromatic heterocycles. The van der Waals surface area contributed by atoms with Gasteiger partial charge < -0.3 is 29.6 Å².